The first-order chi connectivity index (χ1) is 12.5. The fourth-order valence-electron chi connectivity index (χ4n) is 3.04. The molecular weight excluding hydrogens is 366 g/mol. The van der Waals surface area contributed by atoms with Crippen LogP contribution in [-0.4, -0.2) is 32.7 Å². The summed E-state index contributed by atoms with van der Waals surface area (Å²) in [6, 6.07) is 9.96. The van der Waals surface area contributed by atoms with Crippen LogP contribution in [0.1, 0.15) is 33.0 Å². The summed E-state index contributed by atoms with van der Waals surface area (Å²) in [6.07, 6.45) is 2.48. The Bertz CT molecular complexity index is 959. The smallest absolute Gasteiger partial charge is 0.261 e. The summed E-state index contributed by atoms with van der Waals surface area (Å²) in [7, 11) is -0.995. The van der Waals surface area contributed by atoms with E-state index >= 15 is 0 Å². The number of carbonyl (C=O) groups is 1. The molecule has 5 nitrogen and oxygen atoms in total. The molecule has 2 heterocycles. The lowest BCUT2D eigenvalue weighted by molar-refractivity contribution is 0.0956. The van der Waals surface area contributed by atoms with E-state index in [9.17, 15) is 9.00 Å². The fraction of sp³-hybridized carbons (Fsp3) is 0.368. The van der Waals surface area contributed by atoms with Crippen LogP contribution in [0, 0.1) is 13.8 Å². The first-order valence-corrected chi connectivity index (χ1v) is 11.1. The molecule has 1 atom stereocenters. The Kier molecular flexibility index (Phi) is 5.88. The van der Waals surface area contributed by atoms with E-state index < -0.39 is 10.8 Å². The second-order valence-corrected chi connectivity index (χ2v) is 8.87. The highest BCUT2D eigenvalue weighted by molar-refractivity contribution is 7.83. The molecule has 0 aliphatic rings. The summed E-state index contributed by atoms with van der Waals surface area (Å²) < 4.78 is 14.8. The van der Waals surface area contributed by atoms with Gasteiger partial charge in [0.2, 0.25) is 0 Å². The van der Waals surface area contributed by atoms with E-state index in [2.05, 4.69) is 10.4 Å². The molecule has 1 unspecified atom stereocenters. The van der Waals surface area contributed by atoms with Crippen molar-refractivity contribution in [1.29, 1.82) is 0 Å². The lowest BCUT2D eigenvalue weighted by Gasteiger charge is -2.07. The van der Waals surface area contributed by atoms with Gasteiger partial charge in [0.25, 0.3) is 5.91 Å². The maximum Gasteiger partial charge on any atom is 0.261 e. The third-order valence-corrected chi connectivity index (χ3v) is 6.09. The number of fused-ring (bicyclic) bond motifs is 1. The van der Waals surface area contributed by atoms with Gasteiger partial charge in [0.1, 0.15) is 0 Å². The van der Waals surface area contributed by atoms with Gasteiger partial charge in [0.05, 0.1) is 16.3 Å². The number of hydrogen-bond donors (Lipinski definition) is 1. The number of aryl methyl sites for hydroxylation is 3. The number of nitrogens with zero attached hydrogens (tertiary/aromatic N) is 2. The molecule has 0 aliphatic heterocycles. The number of benzene rings is 1. The van der Waals surface area contributed by atoms with Gasteiger partial charge in [-0.3, -0.25) is 13.7 Å². The molecular formula is C19H23N3O2S2. The molecule has 0 saturated carbocycles. The van der Waals surface area contributed by atoms with E-state index in [1.54, 1.807) is 6.26 Å². The summed E-state index contributed by atoms with van der Waals surface area (Å²) in [5.41, 5.74) is 3.03. The first kappa shape index (κ1) is 18.8. The number of amides is 1. The van der Waals surface area contributed by atoms with E-state index in [4.69, 9.17) is 0 Å². The Balaban J connectivity index is 1.67. The van der Waals surface area contributed by atoms with Gasteiger partial charge in [-0.25, -0.2) is 0 Å². The lowest BCUT2D eigenvalue weighted by Crippen LogP contribution is -2.25. The zero-order chi connectivity index (χ0) is 18.7. The maximum absolute atomic E-state index is 12.7. The average Bonchev–Trinajstić information content (AvgIpc) is 3.11. The van der Waals surface area contributed by atoms with Crippen molar-refractivity contribution in [2.24, 2.45) is 0 Å². The van der Waals surface area contributed by atoms with Crippen LogP contribution in [0.15, 0.2) is 30.3 Å². The molecule has 138 valence electrons. The van der Waals surface area contributed by atoms with Crippen LogP contribution in [0.25, 0.3) is 10.1 Å². The predicted molar refractivity (Wildman–Crippen MR) is 108 cm³/mol. The van der Waals surface area contributed by atoms with Crippen LogP contribution in [-0.2, 0) is 23.1 Å². The van der Waals surface area contributed by atoms with Crippen LogP contribution in [0.2, 0.25) is 0 Å². The molecule has 26 heavy (non-hydrogen) atoms. The Morgan fingerprint density at radius 2 is 2.08 bits per heavy atom. The van der Waals surface area contributed by atoms with Crippen molar-refractivity contribution in [2.75, 3.05) is 12.8 Å². The second kappa shape index (κ2) is 8.14. The second-order valence-electron chi connectivity index (χ2n) is 6.38. The molecule has 0 bridgehead atoms. The number of thiophene rings is 1. The van der Waals surface area contributed by atoms with Gasteiger partial charge in [-0.2, -0.15) is 5.10 Å². The summed E-state index contributed by atoms with van der Waals surface area (Å²) in [6.45, 7) is 5.37. The molecule has 1 amide bonds. The van der Waals surface area contributed by atoms with Crippen molar-refractivity contribution in [2.45, 2.75) is 32.6 Å². The number of carbonyl (C=O) groups excluding carboxylic acids is 1. The van der Waals surface area contributed by atoms with Gasteiger partial charge in [-0.1, -0.05) is 18.2 Å². The molecule has 0 saturated heterocycles. The Morgan fingerprint density at radius 1 is 1.31 bits per heavy atom. The van der Waals surface area contributed by atoms with E-state index in [1.165, 1.54) is 11.3 Å². The van der Waals surface area contributed by atoms with E-state index in [0.717, 1.165) is 40.0 Å². The quantitative estimate of drug-likeness (QED) is 0.630. The molecule has 0 radical (unpaired) electrons. The molecule has 1 N–H and O–H groups in total. The van der Waals surface area contributed by atoms with Gasteiger partial charge in [-0.15, -0.1) is 11.3 Å². The first-order valence-electron chi connectivity index (χ1n) is 8.55. The third-order valence-electron chi connectivity index (χ3n) is 4.19. The summed E-state index contributed by atoms with van der Waals surface area (Å²) in [5, 5.41) is 8.46. The largest absolute Gasteiger partial charge is 0.351 e. The number of hydrogen-bond acceptors (Lipinski definition) is 4. The van der Waals surface area contributed by atoms with Crippen molar-refractivity contribution >= 4 is 38.1 Å². The van der Waals surface area contributed by atoms with Crippen LogP contribution in [0.4, 0.5) is 0 Å². The highest BCUT2D eigenvalue weighted by Gasteiger charge is 2.18. The van der Waals surface area contributed by atoms with Crippen LogP contribution in [0.3, 0.4) is 0 Å². The summed E-state index contributed by atoms with van der Waals surface area (Å²) >= 11 is 1.47. The highest BCUT2D eigenvalue weighted by Crippen LogP contribution is 2.32. The zero-order valence-corrected chi connectivity index (χ0v) is 16.9. The fourth-order valence-corrected chi connectivity index (χ4v) is 4.98. The molecule has 3 aromatic rings. The summed E-state index contributed by atoms with van der Waals surface area (Å²) in [5.74, 6) is 0.318. The van der Waals surface area contributed by atoms with Crippen molar-refractivity contribution in [3.05, 3.63) is 52.2 Å². The SMILES string of the molecule is Cc1cc(C)n(CCCNC(=O)c2sc3ccccc3c2CS(C)=O)n1. The standard InChI is InChI=1S/C19H23N3O2S2/c1-13-11-14(2)22(21-13)10-6-9-20-19(23)18-16(12-26(3)24)15-7-4-5-8-17(15)25-18/h4-5,7-8,11H,6,9-10,12H2,1-3H3,(H,20,23). The van der Waals surface area contributed by atoms with E-state index in [-0.39, 0.29) is 5.91 Å². The van der Waals surface area contributed by atoms with Gasteiger partial charge in [-0.05, 0) is 43.4 Å². The summed E-state index contributed by atoms with van der Waals surface area (Å²) in [4.78, 5) is 13.4. The maximum atomic E-state index is 12.7. The van der Waals surface area contributed by atoms with Gasteiger partial charge < -0.3 is 5.32 Å². The minimum atomic E-state index is -0.995. The minimum Gasteiger partial charge on any atom is -0.351 e. The normalized spacial score (nSPS) is 12.4. The van der Waals surface area contributed by atoms with E-state index in [1.807, 2.05) is 48.9 Å². The van der Waals surface area contributed by atoms with Crippen molar-refractivity contribution in [3.63, 3.8) is 0 Å². The van der Waals surface area contributed by atoms with E-state index in [0.29, 0.717) is 17.2 Å². The number of rotatable bonds is 7. The monoisotopic (exact) mass is 389 g/mol. The van der Waals surface area contributed by atoms with Crippen LogP contribution in [0.5, 0.6) is 0 Å². The number of nitrogens with one attached hydrogen (secondary N) is 1. The molecule has 2 aromatic heterocycles. The molecule has 1 aromatic carbocycles. The van der Waals surface area contributed by atoms with Gasteiger partial charge in [0.15, 0.2) is 0 Å². The van der Waals surface area contributed by atoms with Gasteiger partial charge in [0, 0.05) is 40.5 Å². The molecule has 3 rings (SSSR count). The minimum absolute atomic E-state index is 0.0833. The Morgan fingerprint density at radius 3 is 2.77 bits per heavy atom. The van der Waals surface area contributed by atoms with Crippen LogP contribution < -0.4 is 5.32 Å². The highest BCUT2D eigenvalue weighted by atomic mass is 32.2. The van der Waals surface area contributed by atoms with Crippen molar-refractivity contribution in [3.8, 4) is 0 Å². The Hall–Kier alpha value is -1.99. The average molecular weight is 390 g/mol. The topological polar surface area (TPSA) is 64.0 Å². The lowest BCUT2D eigenvalue weighted by atomic mass is 10.1. The predicted octanol–water partition coefficient (Wildman–Crippen LogP) is 3.41. The molecule has 0 spiro atoms. The number of aromatic nitrogens is 2. The van der Waals surface area contributed by atoms with Crippen molar-refractivity contribution < 1.29 is 9.00 Å². The zero-order valence-electron chi connectivity index (χ0n) is 15.2. The Labute approximate surface area is 159 Å². The molecule has 7 heteroatoms. The van der Waals surface area contributed by atoms with Crippen molar-refractivity contribution in [1.82, 2.24) is 15.1 Å². The third kappa shape index (κ3) is 4.22. The molecule has 0 fully saturated rings. The van der Waals surface area contributed by atoms with Gasteiger partial charge >= 0.3 is 0 Å². The van der Waals surface area contributed by atoms with Crippen LogP contribution >= 0.6 is 11.3 Å². The molecule has 0 aliphatic carbocycles.